The van der Waals surface area contributed by atoms with Crippen LogP contribution in [0.15, 0.2) is 16.9 Å². The first kappa shape index (κ1) is 9.50. The maximum Gasteiger partial charge on any atom is 0.0937 e. The van der Waals surface area contributed by atoms with Crippen molar-refractivity contribution in [1.29, 1.82) is 0 Å². The second-order valence-corrected chi connectivity index (χ2v) is 6.46. The molecule has 0 saturated heterocycles. The van der Waals surface area contributed by atoms with E-state index in [9.17, 15) is 0 Å². The lowest BCUT2D eigenvalue weighted by molar-refractivity contribution is -0.0172. The van der Waals surface area contributed by atoms with Gasteiger partial charge in [-0.25, -0.2) is 0 Å². The standard InChI is InChI=1S/C14H20O/c1-14(2,3)13-6-9-4-10-7-15-8-11(10)5-12(9)13/h7-9,12-13H,4-6H2,1-3H3. The van der Waals surface area contributed by atoms with Gasteiger partial charge in [0.25, 0.3) is 0 Å². The van der Waals surface area contributed by atoms with Crippen LogP contribution in [0.25, 0.3) is 0 Å². The second-order valence-electron chi connectivity index (χ2n) is 6.46. The quantitative estimate of drug-likeness (QED) is 0.628. The van der Waals surface area contributed by atoms with Crippen LogP contribution in [0, 0.1) is 23.2 Å². The minimum absolute atomic E-state index is 0.488. The predicted molar refractivity (Wildman–Crippen MR) is 60.7 cm³/mol. The first-order chi connectivity index (χ1) is 7.05. The number of furan rings is 1. The van der Waals surface area contributed by atoms with Crippen molar-refractivity contribution >= 4 is 0 Å². The smallest absolute Gasteiger partial charge is 0.0937 e. The molecule has 0 aromatic carbocycles. The molecule has 0 amide bonds. The molecule has 15 heavy (non-hydrogen) atoms. The van der Waals surface area contributed by atoms with Gasteiger partial charge in [-0.2, -0.15) is 0 Å². The molecule has 1 heteroatoms. The summed E-state index contributed by atoms with van der Waals surface area (Å²) in [7, 11) is 0. The summed E-state index contributed by atoms with van der Waals surface area (Å²) in [4.78, 5) is 0. The molecular formula is C14H20O. The van der Waals surface area contributed by atoms with Crippen molar-refractivity contribution in [1.82, 2.24) is 0 Å². The number of hydrogen-bond donors (Lipinski definition) is 0. The molecule has 0 N–H and O–H groups in total. The summed E-state index contributed by atoms with van der Waals surface area (Å²) in [5.74, 6) is 2.79. The minimum Gasteiger partial charge on any atom is -0.472 e. The van der Waals surface area contributed by atoms with Crippen molar-refractivity contribution in [2.45, 2.75) is 40.0 Å². The van der Waals surface area contributed by atoms with Crippen molar-refractivity contribution in [2.24, 2.45) is 23.2 Å². The van der Waals surface area contributed by atoms with Crippen molar-refractivity contribution in [3.63, 3.8) is 0 Å². The molecule has 1 fully saturated rings. The highest BCUT2D eigenvalue weighted by molar-refractivity contribution is 5.27. The molecule has 1 saturated carbocycles. The third kappa shape index (κ3) is 1.36. The molecule has 3 atom stereocenters. The van der Waals surface area contributed by atoms with Crippen molar-refractivity contribution in [3.8, 4) is 0 Å². The lowest BCUT2D eigenvalue weighted by atomic mass is 9.51. The van der Waals surface area contributed by atoms with E-state index in [0.717, 1.165) is 17.8 Å². The van der Waals surface area contributed by atoms with Crippen molar-refractivity contribution in [3.05, 3.63) is 23.7 Å². The van der Waals surface area contributed by atoms with Gasteiger partial charge >= 0.3 is 0 Å². The third-order valence-electron chi connectivity index (χ3n) is 4.56. The second kappa shape index (κ2) is 2.90. The Hall–Kier alpha value is -0.720. The maximum absolute atomic E-state index is 5.31. The predicted octanol–water partition coefficient (Wildman–Crippen LogP) is 3.68. The average Bonchev–Trinajstić information content (AvgIpc) is 2.52. The van der Waals surface area contributed by atoms with Crippen LogP contribution in [-0.4, -0.2) is 0 Å². The zero-order chi connectivity index (χ0) is 10.6. The van der Waals surface area contributed by atoms with Gasteiger partial charge in [0, 0.05) is 0 Å². The summed E-state index contributed by atoms with van der Waals surface area (Å²) in [6.45, 7) is 7.16. The highest BCUT2D eigenvalue weighted by Crippen LogP contribution is 2.54. The van der Waals surface area contributed by atoms with E-state index in [4.69, 9.17) is 4.42 Å². The molecular weight excluding hydrogens is 184 g/mol. The van der Waals surface area contributed by atoms with Crippen LogP contribution in [0.5, 0.6) is 0 Å². The Kier molecular flexibility index (Phi) is 1.84. The Balaban J connectivity index is 1.82. The van der Waals surface area contributed by atoms with E-state index in [0.29, 0.717) is 5.41 Å². The highest BCUT2D eigenvalue weighted by Gasteiger charge is 2.48. The molecule has 2 aliphatic carbocycles. The summed E-state index contributed by atoms with van der Waals surface area (Å²) in [6, 6.07) is 0. The average molecular weight is 204 g/mol. The van der Waals surface area contributed by atoms with Crippen LogP contribution in [0.3, 0.4) is 0 Å². The van der Waals surface area contributed by atoms with E-state index < -0.39 is 0 Å². The largest absolute Gasteiger partial charge is 0.472 e. The molecule has 1 aromatic heterocycles. The van der Waals surface area contributed by atoms with Gasteiger partial charge in [-0.05, 0) is 53.6 Å². The SMILES string of the molecule is CC(C)(C)C1CC2Cc3cocc3CC21. The Morgan fingerprint density at radius 2 is 1.80 bits per heavy atom. The van der Waals surface area contributed by atoms with Gasteiger partial charge in [0.15, 0.2) is 0 Å². The highest BCUT2D eigenvalue weighted by atomic mass is 16.3. The first-order valence-electron chi connectivity index (χ1n) is 6.09. The topological polar surface area (TPSA) is 13.1 Å². The van der Waals surface area contributed by atoms with E-state index in [1.54, 1.807) is 0 Å². The van der Waals surface area contributed by atoms with Crippen LogP contribution in [0.1, 0.15) is 38.3 Å². The van der Waals surface area contributed by atoms with Gasteiger partial charge in [0.2, 0.25) is 0 Å². The maximum atomic E-state index is 5.31. The summed E-state index contributed by atoms with van der Waals surface area (Å²) >= 11 is 0. The van der Waals surface area contributed by atoms with E-state index in [1.165, 1.54) is 30.4 Å². The Labute approximate surface area is 91.9 Å². The molecule has 82 valence electrons. The molecule has 0 aliphatic heterocycles. The Bertz CT molecular complexity index is 369. The molecule has 2 aliphatic rings. The zero-order valence-corrected chi connectivity index (χ0v) is 9.92. The van der Waals surface area contributed by atoms with Crippen LogP contribution < -0.4 is 0 Å². The lowest BCUT2D eigenvalue weighted by Gasteiger charge is -2.53. The van der Waals surface area contributed by atoms with Gasteiger partial charge in [0.1, 0.15) is 0 Å². The fourth-order valence-electron chi connectivity index (χ4n) is 3.59. The lowest BCUT2D eigenvalue weighted by Crippen LogP contribution is -2.47. The Morgan fingerprint density at radius 3 is 2.47 bits per heavy atom. The zero-order valence-electron chi connectivity index (χ0n) is 9.92. The molecule has 0 radical (unpaired) electrons. The van der Waals surface area contributed by atoms with Crippen molar-refractivity contribution in [2.75, 3.05) is 0 Å². The van der Waals surface area contributed by atoms with E-state index in [2.05, 4.69) is 20.8 Å². The van der Waals surface area contributed by atoms with Gasteiger partial charge in [0.05, 0.1) is 12.5 Å². The van der Waals surface area contributed by atoms with Gasteiger partial charge in [-0.1, -0.05) is 20.8 Å². The summed E-state index contributed by atoms with van der Waals surface area (Å²) in [5, 5.41) is 0. The van der Waals surface area contributed by atoms with E-state index in [-0.39, 0.29) is 0 Å². The van der Waals surface area contributed by atoms with Crippen LogP contribution in [0.4, 0.5) is 0 Å². The number of hydrogen-bond acceptors (Lipinski definition) is 1. The van der Waals surface area contributed by atoms with E-state index >= 15 is 0 Å². The summed E-state index contributed by atoms with van der Waals surface area (Å²) < 4.78 is 5.31. The molecule has 3 unspecified atom stereocenters. The van der Waals surface area contributed by atoms with Crippen LogP contribution >= 0.6 is 0 Å². The first-order valence-corrected chi connectivity index (χ1v) is 6.09. The Morgan fingerprint density at radius 1 is 1.13 bits per heavy atom. The molecule has 1 aromatic rings. The molecule has 1 heterocycles. The number of fused-ring (bicyclic) bond motifs is 2. The van der Waals surface area contributed by atoms with Crippen LogP contribution in [0.2, 0.25) is 0 Å². The fraction of sp³-hybridized carbons (Fsp3) is 0.714. The summed E-state index contributed by atoms with van der Waals surface area (Å²) in [6.07, 6.45) is 7.87. The molecule has 0 spiro atoms. The van der Waals surface area contributed by atoms with Gasteiger partial charge in [-0.15, -0.1) is 0 Å². The number of rotatable bonds is 0. The monoisotopic (exact) mass is 204 g/mol. The van der Waals surface area contributed by atoms with Crippen molar-refractivity contribution < 1.29 is 4.42 Å². The minimum atomic E-state index is 0.488. The third-order valence-corrected chi connectivity index (χ3v) is 4.56. The molecule has 1 nitrogen and oxygen atoms in total. The normalized spacial score (nSPS) is 34.2. The summed E-state index contributed by atoms with van der Waals surface area (Å²) in [5.41, 5.74) is 3.44. The van der Waals surface area contributed by atoms with E-state index in [1.807, 2.05) is 12.5 Å². The fourth-order valence-corrected chi connectivity index (χ4v) is 3.59. The van der Waals surface area contributed by atoms with Gasteiger partial charge in [-0.3, -0.25) is 0 Å². The van der Waals surface area contributed by atoms with Crippen LogP contribution in [-0.2, 0) is 12.8 Å². The molecule has 0 bridgehead atoms. The van der Waals surface area contributed by atoms with Gasteiger partial charge < -0.3 is 4.42 Å². The molecule has 3 rings (SSSR count).